The lowest BCUT2D eigenvalue weighted by Crippen LogP contribution is -2.14. The smallest absolute Gasteiger partial charge is 0.228 e. The Bertz CT molecular complexity index is 6170. The van der Waals surface area contributed by atoms with Crippen LogP contribution >= 0.6 is 135 Å². The van der Waals surface area contributed by atoms with Crippen LogP contribution in [0.25, 0.3) is 75.4 Å². The number of nitrogens with one attached hydrogen (secondary N) is 1. The Labute approximate surface area is 849 Å². The number of hydrogen-bond acceptors (Lipinski definition) is 18. The van der Waals surface area contributed by atoms with Gasteiger partial charge in [0.2, 0.25) is 5.95 Å². The number of thiophene rings is 1. The zero-order chi connectivity index (χ0) is 98.6. The minimum Gasteiger partial charge on any atom is -0.456 e. The number of ether oxygens (including phenoxy) is 1. The first-order chi connectivity index (χ1) is 62.4. The van der Waals surface area contributed by atoms with Crippen LogP contribution in [0.4, 0.5) is 51.4 Å². The Morgan fingerprint density at radius 1 is 0.313 bits per heavy atom. The molecule has 11 aromatic carbocycles. The van der Waals surface area contributed by atoms with Crippen LogP contribution in [0.2, 0.25) is 0 Å². The lowest BCUT2D eigenvalue weighted by atomic mass is 10.0. The van der Waals surface area contributed by atoms with Crippen molar-refractivity contribution in [1.29, 1.82) is 0 Å². The van der Waals surface area contributed by atoms with E-state index in [0.29, 0.717) is 0 Å². The van der Waals surface area contributed by atoms with Crippen molar-refractivity contribution in [3.8, 4) is 33.8 Å². The quantitative estimate of drug-likeness (QED) is 0.151. The summed E-state index contributed by atoms with van der Waals surface area (Å²) in [7, 11) is 28.6. The van der Waals surface area contributed by atoms with E-state index in [4.69, 9.17) is 9.15 Å². The van der Waals surface area contributed by atoms with Crippen molar-refractivity contribution in [1.82, 2.24) is 23.7 Å². The first-order valence-corrected chi connectivity index (χ1v) is 55.0. The van der Waals surface area contributed by atoms with E-state index in [2.05, 4.69) is 428 Å². The first kappa shape index (κ1) is 113. The normalized spacial score (nSPS) is 10.6. The number of nitrogens with zero attached hydrogens (tertiary/aromatic N) is 12. The minimum atomic E-state index is 0.155. The molecule has 2 aliphatic carbocycles. The van der Waals surface area contributed by atoms with E-state index >= 15 is 0 Å². The summed E-state index contributed by atoms with van der Waals surface area (Å²) in [6.45, 7) is 29.1. The fourth-order valence-corrected chi connectivity index (χ4v) is 17.6. The second kappa shape index (κ2) is 53.6. The molecule has 0 radical (unpaired) electrons. The molecule has 0 saturated carbocycles. The molecule has 0 saturated heterocycles. The second-order valence-corrected chi connectivity index (χ2v) is 34.4. The summed E-state index contributed by atoms with van der Waals surface area (Å²) >= 11 is 23.7. The number of alkyl halides is 7. The average Bonchev–Trinajstić information content (AvgIpc) is 1.35. The van der Waals surface area contributed by atoms with Crippen LogP contribution in [-0.4, -0.2) is 169 Å². The van der Waals surface area contributed by atoms with E-state index in [9.17, 15) is 4.79 Å². The lowest BCUT2D eigenvalue weighted by molar-refractivity contribution is 0.104. The number of aromatic nitrogens is 5. The maximum Gasteiger partial charge on any atom is 0.228 e. The van der Waals surface area contributed by atoms with Gasteiger partial charge in [-0.1, -0.05) is 189 Å². The highest BCUT2D eigenvalue weighted by Gasteiger charge is 2.29. The number of carbonyl (C=O) groups excluding carboxylic acids is 1. The van der Waals surface area contributed by atoms with Gasteiger partial charge in [-0.3, -0.25) is 4.79 Å². The maximum atomic E-state index is 12.5. The number of furan rings is 1. The molecular weight excluding hydrogens is 2130 g/mol. The third-order valence-corrected chi connectivity index (χ3v) is 23.2. The maximum absolute atomic E-state index is 12.5. The molecule has 4 aromatic heterocycles. The SMILES string of the molecule is CBr.CBr.CBr.CBr.CBr.CBr.CBr.Cc1cc(N(C)C)c(C)c2nsnc12.Cc1ccc2c(c1)C(=O)c1cc(C)c(N(C)C)cc1-2.Cc1ccc2c(c1)Cc1cc(C)c(N(C)C)cc1-2.Cc1ccc2c(c1)Nc1cc(C)c(N(C)C)cc1O2.Cc1ccc2c(c1)oc1cc(C)c(N(C)C)cc12.Cc1ccc2c(c1)sc1cc(C)c(N(C)C)cc12.Cc1nc(C)nc(N(C)C)n1. The number of halogens is 7. The van der Waals surface area contributed by atoms with Crippen LogP contribution in [0, 0.1) is 96.9 Å². The van der Waals surface area contributed by atoms with Gasteiger partial charge in [0, 0.05) is 186 Å². The molecule has 0 spiro atoms. The molecule has 15 aromatic rings. The number of benzene rings is 11. The van der Waals surface area contributed by atoms with E-state index in [-0.39, 0.29) is 5.78 Å². The zero-order valence-corrected chi connectivity index (χ0v) is 96.0. The van der Waals surface area contributed by atoms with Crippen LogP contribution < -0.4 is 44.4 Å². The van der Waals surface area contributed by atoms with Crippen LogP contribution in [0.1, 0.15) is 105 Å². The predicted octanol–water partition coefficient (Wildman–Crippen LogP) is 30.8. The molecule has 1 aliphatic heterocycles. The van der Waals surface area contributed by atoms with E-state index in [0.717, 1.165) is 102 Å². The average molecular weight is 2260 g/mol. The summed E-state index contributed by atoms with van der Waals surface area (Å²) in [5, 5.41) is 8.59. The number of anilines is 9. The molecule has 0 atom stereocenters. The van der Waals surface area contributed by atoms with E-state index in [1.807, 2.05) is 152 Å². The van der Waals surface area contributed by atoms with E-state index < -0.39 is 0 Å². The van der Waals surface area contributed by atoms with Gasteiger partial charge in [0.25, 0.3) is 0 Å². The Morgan fingerprint density at radius 3 is 1.31 bits per heavy atom. The zero-order valence-electron chi connectivity index (χ0n) is 83.3. The standard InChI is InChI=1S/C17H17NO.C17H19N.C16H18N2O.C16H17NO.C16H17NS.C10H13N3S.C7H12N4.7CH3Br/c1-10-5-6-12-13-9-16(18(3)4)11(2)8-15(13)17(19)14(12)7-10;1-11-5-6-15-13(7-11)9-14-8-12(2)17(18(3)4)10-16(14)15;1-10-5-6-15-12(7-10)17-13-8-11(2)14(18(3)4)9-16(13)19-15;2*1-10-5-6-12-13-9-14(17(3)4)11(2)8-16(13)18-15(12)7-10;1-6-5-8(13(3)4)7(2)10-9(6)11-14-12-10;1-5-8-6(2)10-7(9-5)11(3)4;7*1-2/h5-9H,1-4H3;5-8,10H,9H2,1-4H3;5-9,17H,1-4H3;2*5-9H,1-4H3;5H,1-4H3;1-4H3;7*1H3. The van der Waals surface area contributed by atoms with Gasteiger partial charge in [-0.2, -0.15) is 18.7 Å². The number of fused-ring (bicyclic) bond motifs is 15. The second-order valence-electron chi connectivity index (χ2n) is 32.8. The fraction of sp³-hybridized carbons (Fsp3) is 0.340. The first-order valence-electron chi connectivity index (χ1n) is 42.3. The third-order valence-electron chi connectivity index (χ3n) is 21.6. The van der Waals surface area contributed by atoms with E-state index in [1.54, 1.807) is 0 Å². The number of hydrogen-bond donors (Lipinski definition) is 1. The highest BCUT2D eigenvalue weighted by molar-refractivity contribution is 9.09. The highest BCUT2D eigenvalue weighted by atomic mass is 79.9. The Kier molecular flexibility index (Phi) is 46.2. The third kappa shape index (κ3) is 28.6. The van der Waals surface area contributed by atoms with E-state index in [1.165, 1.54) is 155 Å². The van der Waals surface area contributed by atoms with Crippen molar-refractivity contribution in [2.75, 3.05) is 179 Å². The van der Waals surface area contributed by atoms with Crippen molar-refractivity contribution < 1.29 is 13.9 Å². The lowest BCUT2D eigenvalue weighted by Gasteiger charge is -2.25. The van der Waals surface area contributed by atoms with Crippen molar-refractivity contribution in [3.05, 3.63) is 258 Å². The summed E-state index contributed by atoms with van der Waals surface area (Å²) in [5.74, 6) is 16.9. The molecule has 0 fully saturated rings. The molecule has 25 heteroatoms. The number of ketones is 1. The molecule has 0 bridgehead atoms. The number of rotatable bonds is 7. The predicted molar refractivity (Wildman–Crippen MR) is 607 cm³/mol. The summed E-state index contributed by atoms with van der Waals surface area (Å²) in [6.07, 6.45) is 1.08. The van der Waals surface area contributed by atoms with Gasteiger partial charge in [-0.25, -0.2) is 4.98 Å². The molecule has 5 heterocycles. The summed E-state index contributed by atoms with van der Waals surface area (Å²) in [5.41, 5.74) is 38.1. The van der Waals surface area contributed by atoms with Crippen molar-refractivity contribution in [2.24, 2.45) is 0 Å². The van der Waals surface area contributed by atoms with Crippen molar-refractivity contribution >= 4 is 245 Å². The Hall–Kier alpha value is -8.50. The monoisotopic (exact) mass is 2250 g/mol. The van der Waals surface area contributed by atoms with Crippen molar-refractivity contribution in [3.63, 3.8) is 0 Å². The summed E-state index contributed by atoms with van der Waals surface area (Å²) in [4.78, 5) is 39.5. The van der Waals surface area contributed by atoms with Crippen LogP contribution in [-0.2, 0) is 6.42 Å². The molecular formula is C106H134Br7N13O3S2. The molecule has 1 N–H and O–H groups in total. The topological polar surface area (TPSA) is 139 Å². The van der Waals surface area contributed by atoms with Crippen molar-refractivity contribution in [2.45, 2.75) is 103 Å². The van der Waals surface area contributed by atoms with Crippen LogP contribution in [0.3, 0.4) is 0 Å². The molecule has 702 valence electrons. The number of carbonyl (C=O) groups is 1. The van der Waals surface area contributed by atoms with Gasteiger partial charge < -0.3 is 48.8 Å². The molecule has 16 nitrogen and oxygen atoms in total. The van der Waals surface area contributed by atoms with Crippen LogP contribution in [0.5, 0.6) is 11.5 Å². The van der Waals surface area contributed by atoms with Gasteiger partial charge in [-0.15, -0.1) is 11.3 Å². The molecule has 18 rings (SSSR count). The van der Waals surface area contributed by atoms with Gasteiger partial charge in [0.15, 0.2) is 17.3 Å². The van der Waals surface area contributed by atoms with Gasteiger partial charge in [0.05, 0.1) is 23.1 Å². The number of aryl methyl sites for hydroxylation is 14. The molecule has 0 unspecified atom stereocenters. The summed E-state index contributed by atoms with van der Waals surface area (Å²) < 4.78 is 23.3. The molecule has 3 aliphatic rings. The van der Waals surface area contributed by atoms with Gasteiger partial charge in [-0.05, 0) is 313 Å². The highest BCUT2D eigenvalue weighted by Crippen LogP contribution is 2.47. The molecule has 131 heavy (non-hydrogen) atoms. The summed E-state index contributed by atoms with van der Waals surface area (Å²) in [6, 6.07) is 56.4. The van der Waals surface area contributed by atoms with Crippen LogP contribution in [0.15, 0.2) is 162 Å². The van der Waals surface area contributed by atoms with Gasteiger partial charge in [0.1, 0.15) is 33.8 Å². The van der Waals surface area contributed by atoms with Gasteiger partial charge >= 0.3 is 0 Å². The fourth-order valence-electron chi connectivity index (χ4n) is 15.7. The molecule has 0 amide bonds. The Balaban J connectivity index is 0.000000266. The minimum absolute atomic E-state index is 0.155. The Morgan fingerprint density at radius 2 is 0.733 bits per heavy atom. The largest absolute Gasteiger partial charge is 0.456 e.